The third-order valence-electron chi connectivity index (χ3n) is 5.42. The van der Waals surface area contributed by atoms with Gasteiger partial charge >= 0.3 is 0 Å². The molecule has 0 bridgehead atoms. The van der Waals surface area contributed by atoms with Crippen LogP contribution in [0.4, 0.5) is 0 Å². The summed E-state index contributed by atoms with van der Waals surface area (Å²) in [6.07, 6.45) is 4.66. The van der Waals surface area contributed by atoms with E-state index in [2.05, 4.69) is 29.1 Å². The van der Waals surface area contributed by atoms with Crippen LogP contribution in [-0.2, 0) is 4.79 Å². The average Bonchev–Trinajstić information content (AvgIpc) is 3.10. The minimum atomic E-state index is 0.334. The summed E-state index contributed by atoms with van der Waals surface area (Å²) in [7, 11) is 2.16. The first-order valence-electron chi connectivity index (χ1n) is 7.82. The van der Waals surface area contributed by atoms with Gasteiger partial charge in [-0.25, -0.2) is 0 Å². The third-order valence-corrected chi connectivity index (χ3v) is 5.42. The molecule has 0 aromatic heterocycles. The van der Waals surface area contributed by atoms with Gasteiger partial charge in [-0.15, -0.1) is 0 Å². The van der Waals surface area contributed by atoms with Crippen LogP contribution >= 0.6 is 0 Å². The van der Waals surface area contributed by atoms with Gasteiger partial charge in [0.05, 0.1) is 0 Å². The first-order valence-corrected chi connectivity index (χ1v) is 7.82. The van der Waals surface area contributed by atoms with Crippen LogP contribution in [0.25, 0.3) is 0 Å². The van der Waals surface area contributed by atoms with E-state index in [9.17, 15) is 4.79 Å². The Balaban J connectivity index is 1.64. The maximum atomic E-state index is 12.8. The van der Waals surface area contributed by atoms with Crippen LogP contribution in [-0.4, -0.2) is 61.5 Å². The number of amides is 1. The summed E-state index contributed by atoms with van der Waals surface area (Å²) in [5.74, 6) is 0.783. The lowest BCUT2D eigenvalue weighted by Gasteiger charge is -2.30. The van der Waals surface area contributed by atoms with E-state index in [-0.39, 0.29) is 0 Å². The van der Waals surface area contributed by atoms with Gasteiger partial charge in [-0.1, -0.05) is 0 Å². The summed E-state index contributed by atoms with van der Waals surface area (Å²) < 4.78 is 0. The maximum Gasteiger partial charge on any atom is 0.226 e. The number of hydrogen-bond acceptors (Lipinski definition) is 3. The third kappa shape index (κ3) is 2.52. The molecule has 1 amide bonds. The van der Waals surface area contributed by atoms with Gasteiger partial charge in [0.15, 0.2) is 0 Å². The van der Waals surface area contributed by atoms with Gasteiger partial charge in [0.25, 0.3) is 0 Å². The van der Waals surface area contributed by atoms with Gasteiger partial charge in [-0.3, -0.25) is 4.79 Å². The van der Waals surface area contributed by atoms with E-state index in [0.717, 1.165) is 45.6 Å². The van der Waals surface area contributed by atoms with Crippen molar-refractivity contribution in [1.82, 2.24) is 15.1 Å². The summed E-state index contributed by atoms with van der Waals surface area (Å²) >= 11 is 0. The van der Waals surface area contributed by atoms with Gasteiger partial charge in [0.1, 0.15) is 0 Å². The van der Waals surface area contributed by atoms with Crippen molar-refractivity contribution in [3.63, 3.8) is 0 Å². The minimum Gasteiger partial charge on any atom is -0.338 e. The van der Waals surface area contributed by atoms with Crippen molar-refractivity contribution in [2.75, 3.05) is 39.8 Å². The summed E-state index contributed by atoms with van der Waals surface area (Å²) in [5.41, 5.74) is 0.375. The second kappa shape index (κ2) is 5.06. The van der Waals surface area contributed by atoms with Crippen molar-refractivity contribution in [1.29, 1.82) is 0 Å². The molecule has 3 aliphatic rings. The molecule has 0 aromatic rings. The molecule has 1 aliphatic carbocycles. The summed E-state index contributed by atoms with van der Waals surface area (Å²) in [6.45, 7) is 7.50. The van der Waals surface area contributed by atoms with Crippen molar-refractivity contribution in [2.45, 2.75) is 38.6 Å². The first kappa shape index (κ1) is 13.4. The molecule has 3 fully saturated rings. The molecule has 2 saturated heterocycles. The van der Waals surface area contributed by atoms with Crippen LogP contribution in [0.3, 0.4) is 0 Å². The highest BCUT2D eigenvalue weighted by Crippen LogP contribution is 2.59. The lowest BCUT2D eigenvalue weighted by molar-refractivity contribution is -0.135. The molecule has 1 N–H and O–H groups in total. The van der Waals surface area contributed by atoms with E-state index in [1.54, 1.807) is 0 Å². The number of piperidine rings is 1. The smallest absolute Gasteiger partial charge is 0.226 e. The van der Waals surface area contributed by atoms with Crippen LogP contribution in [0.2, 0.25) is 0 Å². The quantitative estimate of drug-likeness (QED) is 0.766. The Bertz CT molecular complexity index is 351. The Morgan fingerprint density at radius 1 is 1.26 bits per heavy atom. The lowest BCUT2D eigenvalue weighted by atomic mass is 9.91. The minimum absolute atomic E-state index is 0.334. The second-order valence-electron chi connectivity index (χ2n) is 6.87. The molecule has 108 valence electrons. The van der Waals surface area contributed by atoms with E-state index in [0.29, 0.717) is 23.3 Å². The number of nitrogens with one attached hydrogen (secondary N) is 1. The molecule has 1 saturated carbocycles. The molecular weight excluding hydrogens is 238 g/mol. The highest BCUT2D eigenvalue weighted by Gasteiger charge is 2.58. The molecule has 2 aliphatic heterocycles. The lowest BCUT2D eigenvalue weighted by Crippen LogP contribution is -2.44. The predicted octanol–water partition coefficient (Wildman–Crippen LogP) is 0.929. The van der Waals surface area contributed by atoms with Gasteiger partial charge in [-0.2, -0.15) is 0 Å². The van der Waals surface area contributed by atoms with E-state index in [4.69, 9.17) is 0 Å². The number of carbonyl (C=O) groups excluding carboxylic acids is 1. The predicted molar refractivity (Wildman–Crippen MR) is 75.9 cm³/mol. The fourth-order valence-electron chi connectivity index (χ4n) is 4.07. The van der Waals surface area contributed by atoms with Crippen molar-refractivity contribution in [3.05, 3.63) is 0 Å². The molecule has 0 aromatic carbocycles. The van der Waals surface area contributed by atoms with Gasteiger partial charge < -0.3 is 15.1 Å². The van der Waals surface area contributed by atoms with E-state index in [1.165, 1.54) is 12.8 Å². The molecular formula is C15H27N3O. The molecule has 4 heteroatoms. The highest BCUT2D eigenvalue weighted by molar-refractivity contribution is 5.83. The molecule has 2 unspecified atom stereocenters. The molecule has 3 rings (SSSR count). The monoisotopic (exact) mass is 265 g/mol. The Morgan fingerprint density at radius 3 is 2.74 bits per heavy atom. The fraction of sp³-hybridized carbons (Fsp3) is 0.933. The zero-order valence-electron chi connectivity index (χ0n) is 12.3. The SMILES string of the molecule is CC1CN(C)CCCN1C(=O)C1CC12CCNCC2. The molecule has 1 spiro atoms. The Morgan fingerprint density at radius 2 is 2.00 bits per heavy atom. The van der Waals surface area contributed by atoms with Crippen molar-refractivity contribution in [3.8, 4) is 0 Å². The molecule has 4 nitrogen and oxygen atoms in total. The topological polar surface area (TPSA) is 35.6 Å². The fourth-order valence-corrected chi connectivity index (χ4v) is 4.07. The Hall–Kier alpha value is -0.610. The van der Waals surface area contributed by atoms with E-state index >= 15 is 0 Å². The normalized spacial score (nSPS) is 35.2. The van der Waals surface area contributed by atoms with Crippen LogP contribution in [0.15, 0.2) is 0 Å². The number of nitrogens with zero attached hydrogens (tertiary/aromatic N) is 2. The number of carbonyl (C=O) groups is 1. The van der Waals surface area contributed by atoms with E-state index < -0.39 is 0 Å². The summed E-state index contributed by atoms with van der Waals surface area (Å²) in [5, 5.41) is 3.41. The van der Waals surface area contributed by atoms with Crippen LogP contribution in [0.5, 0.6) is 0 Å². The maximum absolute atomic E-state index is 12.8. The average molecular weight is 265 g/mol. The van der Waals surface area contributed by atoms with Crippen molar-refractivity contribution < 1.29 is 4.79 Å². The van der Waals surface area contributed by atoms with Crippen molar-refractivity contribution >= 4 is 5.91 Å². The second-order valence-corrected chi connectivity index (χ2v) is 6.87. The zero-order valence-corrected chi connectivity index (χ0v) is 12.3. The van der Waals surface area contributed by atoms with Gasteiger partial charge in [0, 0.05) is 25.0 Å². The molecule has 2 atom stereocenters. The molecule has 2 heterocycles. The van der Waals surface area contributed by atoms with Crippen LogP contribution in [0.1, 0.15) is 32.6 Å². The number of rotatable bonds is 1. The number of hydrogen-bond donors (Lipinski definition) is 1. The molecule has 19 heavy (non-hydrogen) atoms. The summed E-state index contributed by atoms with van der Waals surface area (Å²) in [6, 6.07) is 0.374. The standard InChI is InChI=1S/C15H27N3O/c1-12-11-17(2)8-3-9-18(12)14(19)13-10-15(13)4-6-16-7-5-15/h12-13,16H,3-11H2,1-2H3. The van der Waals surface area contributed by atoms with Gasteiger partial charge in [-0.05, 0) is 64.7 Å². The largest absolute Gasteiger partial charge is 0.338 e. The first-order chi connectivity index (χ1) is 9.12. The Kier molecular flexibility index (Phi) is 3.56. The number of likely N-dealkylation sites (N-methyl/N-ethyl adjacent to an activating group) is 1. The summed E-state index contributed by atoms with van der Waals surface area (Å²) in [4.78, 5) is 17.3. The highest BCUT2D eigenvalue weighted by atomic mass is 16.2. The van der Waals surface area contributed by atoms with Crippen molar-refractivity contribution in [2.24, 2.45) is 11.3 Å². The zero-order chi connectivity index (χ0) is 13.5. The Labute approximate surface area is 116 Å². The van der Waals surface area contributed by atoms with Gasteiger partial charge in [0.2, 0.25) is 5.91 Å². The van der Waals surface area contributed by atoms with E-state index in [1.807, 2.05) is 0 Å². The van der Waals surface area contributed by atoms with Crippen LogP contribution in [0, 0.1) is 11.3 Å². The van der Waals surface area contributed by atoms with Crippen LogP contribution < -0.4 is 5.32 Å². The molecule has 0 radical (unpaired) electrons.